The highest BCUT2D eigenvalue weighted by atomic mass is 16.1. The van der Waals surface area contributed by atoms with E-state index in [9.17, 15) is 4.79 Å². The third kappa shape index (κ3) is 2.35. The molecule has 0 aliphatic heterocycles. The normalized spacial score (nSPS) is 33.8. The maximum atomic E-state index is 11.9. The van der Waals surface area contributed by atoms with Crippen LogP contribution in [0.1, 0.15) is 44.9 Å². The summed E-state index contributed by atoms with van der Waals surface area (Å²) in [4.78, 5) is 11.9. The number of nitrogens with two attached hydrogens (primary N) is 1. The lowest BCUT2D eigenvalue weighted by atomic mass is 9.92. The van der Waals surface area contributed by atoms with Gasteiger partial charge in [-0.15, -0.1) is 0 Å². The summed E-state index contributed by atoms with van der Waals surface area (Å²) in [5.74, 6) is 2.10. The molecule has 14 heavy (non-hydrogen) atoms. The van der Waals surface area contributed by atoms with Gasteiger partial charge in [-0.05, 0) is 51.0 Å². The molecule has 0 bridgehead atoms. The van der Waals surface area contributed by atoms with Crippen molar-refractivity contribution in [2.75, 3.05) is 6.54 Å². The van der Waals surface area contributed by atoms with Crippen molar-refractivity contribution in [3.05, 3.63) is 0 Å². The minimum absolute atomic E-state index is 0.388. The van der Waals surface area contributed by atoms with E-state index in [-0.39, 0.29) is 0 Å². The summed E-state index contributed by atoms with van der Waals surface area (Å²) in [6, 6.07) is 0. The van der Waals surface area contributed by atoms with Crippen LogP contribution in [0.5, 0.6) is 0 Å². The molecule has 0 spiro atoms. The Labute approximate surface area is 86.2 Å². The standard InChI is InChI=1S/C12H21NO/c13-8-9-2-1-3-10(5-4-9)12(14)11-6-7-11/h9-11H,1-8,13H2/t9-,10?/m1/s1. The molecule has 0 aromatic rings. The number of hydrogen-bond donors (Lipinski definition) is 1. The summed E-state index contributed by atoms with van der Waals surface area (Å²) in [6.07, 6.45) is 8.20. The van der Waals surface area contributed by atoms with E-state index in [2.05, 4.69) is 0 Å². The molecule has 2 rings (SSSR count). The minimum atomic E-state index is 0.388. The van der Waals surface area contributed by atoms with Crippen molar-refractivity contribution in [1.82, 2.24) is 0 Å². The lowest BCUT2D eigenvalue weighted by Gasteiger charge is -2.12. The van der Waals surface area contributed by atoms with E-state index in [1.165, 1.54) is 19.3 Å². The second-order valence-electron chi connectivity index (χ2n) is 4.98. The molecule has 0 aromatic heterocycles. The number of Topliss-reactive ketones (excluding diaryl/α,β-unsaturated/α-hetero) is 1. The first-order chi connectivity index (χ1) is 6.81. The summed E-state index contributed by atoms with van der Waals surface area (Å²) < 4.78 is 0. The van der Waals surface area contributed by atoms with Crippen molar-refractivity contribution >= 4 is 5.78 Å². The van der Waals surface area contributed by atoms with E-state index in [1.54, 1.807) is 0 Å². The number of hydrogen-bond acceptors (Lipinski definition) is 2. The van der Waals surface area contributed by atoms with Crippen molar-refractivity contribution in [2.24, 2.45) is 23.5 Å². The lowest BCUT2D eigenvalue weighted by molar-refractivity contribution is -0.124. The molecule has 2 aliphatic carbocycles. The monoisotopic (exact) mass is 195 g/mol. The Morgan fingerprint density at radius 3 is 2.29 bits per heavy atom. The fraction of sp³-hybridized carbons (Fsp3) is 0.917. The second kappa shape index (κ2) is 4.43. The van der Waals surface area contributed by atoms with Gasteiger partial charge in [-0.1, -0.05) is 6.42 Å². The van der Waals surface area contributed by atoms with Gasteiger partial charge < -0.3 is 5.73 Å². The van der Waals surface area contributed by atoms with Gasteiger partial charge in [-0.25, -0.2) is 0 Å². The van der Waals surface area contributed by atoms with Gasteiger partial charge in [-0.3, -0.25) is 4.79 Å². The molecule has 2 nitrogen and oxygen atoms in total. The fourth-order valence-corrected chi connectivity index (χ4v) is 2.60. The van der Waals surface area contributed by atoms with Crippen LogP contribution in [0.3, 0.4) is 0 Å². The van der Waals surface area contributed by atoms with Crippen molar-refractivity contribution in [1.29, 1.82) is 0 Å². The first kappa shape index (κ1) is 10.2. The zero-order valence-corrected chi connectivity index (χ0v) is 8.87. The van der Waals surface area contributed by atoms with E-state index in [0.717, 1.165) is 32.2 Å². The summed E-state index contributed by atoms with van der Waals surface area (Å²) in [6.45, 7) is 0.810. The molecule has 0 radical (unpaired) electrons. The van der Waals surface area contributed by atoms with Crippen molar-refractivity contribution < 1.29 is 4.79 Å². The van der Waals surface area contributed by atoms with Crippen LogP contribution in [0.2, 0.25) is 0 Å². The summed E-state index contributed by atoms with van der Waals surface area (Å²) in [5.41, 5.74) is 5.68. The SMILES string of the molecule is NC[C@@H]1CCCC(C(=O)C2CC2)CC1. The molecule has 2 N–H and O–H groups in total. The van der Waals surface area contributed by atoms with E-state index in [0.29, 0.717) is 23.5 Å². The number of ketones is 1. The molecule has 80 valence electrons. The Morgan fingerprint density at radius 2 is 1.64 bits per heavy atom. The Kier molecular flexibility index (Phi) is 3.22. The third-order valence-corrected chi connectivity index (χ3v) is 3.80. The minimum Gasteiger partial charge on any atom is -0.330 e. The van der Waals surface area contributed by atoms with E-state index >= 15 is 0 Å². The molecule has 2 fully saturated rings. The van der Waals surface area contributed by atoms with Gasteiger partial charge in [0.15, 0.2) is 0 Å². The Morgan fingerprint density at radius 1 is 1.00 bits per heavy atom. The van der Waals surface area contributed by atoms with Crippen LogP contribution in [0.25, 0.3) is 0 Å². The molecule has 0 amide bonds. The average Bonchev–Trinajstić information content (AvgIpc) is 3.03. The van der Waals surface area contributed by atoms with Gasteiger partial charge in [0.2, 0.25) is 0 Å². The highest BCUT2D eigenvalue weighted by molar-refractivity contribution is 5.85. The number of carbonyl (C=O) groups excluding carboxylic acids is 1. The van der Waals surface area contributed by atoms with Crippen molar-refractivity contribution in [2.45, 2.75) is 44.9 Å². The summed E-state index contributed by atoms with van der Waals surface area (Å²) >= 11 is 0. The molecule has 2 aliphatic rings. The predicted molar refractivity (Wildman–Crippen MR) is 56.9 cm³/mol. The highest BCUT2D eigenvalue weighted by Gasteiger charge is 2.35. The molecular weight excluding hydrogens is 174 g/mol. The van der Waals surface area contributed by atoms with Crippen LogP contribution in [0.4, 0.5) is 0 Å². The molecular formula is C12H21NO. The van der Waals surface area contributed by atoms with Crippen LogP contribution in [-0.4, -0.2) is 12.3 Å². The van der Waals surface area contributed by atoms with Crippen LogP contribution in [0, 0.1) is 17.8 Å². The Balaban J connectivity index is 1.84. The first-order valence-electron chi connectivity index (χ1n) is 6.05. The number of carbonyl (C=O) groups is 1. The van der Waals surface area contributed by atoms with E-state index < -0.39 is 0 Å². The van der Waals surface area contributed by atoms with Gasteiger partial charge >= 0.3 is 0 Å². The fourth-order valence-electron chi connectivity index (χ4n) is 2.60. The number of rotatable bonds is 3. The molecule has 2 heteroatoms. The van der Waals surface area contributed by atoms with Crippen molar-refractivity contribution in [3.63, 3.8) is 0 Å². The second-order valence-corrected chi connectivity index (χ2v) is 4.98. The summed E-state index contributed by atoms with van der Waals surface area (Å²) in [7, 11) is 0. The first-order valence-corrected chi connectivity index (χ1v) is 6.05. The van der Waals surface area contributed by atoms with Gasteiger partial charge in [-0.2, -0.15) is 0 Å². The Hall–Kier alpha value is -0.370. The van der Waals surface area contributed by atoms with Crippen LogP contribution >= 0.6 is 0 Å². The molecule has 2 atom stereocenters. The van der Waals surface area contributed by atoms with Gasteiger partial charge in [0.1, 0.15) is 5.78 Å². The van der Waals surface area contributed by atoms with Crippen LogP contribution < -0.4 is 5.73 Å². The highest BCUT2D eigenvalue weighted by Crippen LogP contribution is 2.37. The maximum absolute atomic E-state index is 11.9. The van der Waals surface area contributed by atoms with E-state index in [1.807, 2.05) is 0 Å². The molecule has 2 saturated carbocycles. The predicted octanol–water partition coefficient (Wildman–Crippen LogP) is 2.12. The zero-order valence-electron chi connectivity index (χ0n) is 8.87. The van der Waals surface area contributed by atoms with Gasteiger partial charge in [0.05, 0.1) is 0 Å². The van der Waals surface area contributed by atoms with E-state index in [4.69, 9.17) is 5.73 Å². The topological polar surface area (TPSA) is 43.1 Å². The van der Waals surface area contributed by atoms with Crippen LogP contribution in [0.15, 0.2) is 0 Å². The smallest absolute Gasteiger partial charge is 0.139 e. The average molecular weight is 195 g/mol. The zero-order chi connectivity index (χ0) is 9.97. The quantitative estimate of drug-likeness (QED) is 0.701. The molecule has 1 unspecified atom stereocenters. The van der Waals surface area contributed by atoms with Gasteiger partial charge in [0, 0.05) is 11.8 Å². The third-order valence-electron chi connectivity index (χ3n) is 3.80. The maximum Gasteiger partial charge on any atom is 0.139 e. The lowest BCUT2D eigenvalue weighted by Crippen LogP contribution is -2.16. The summed E-state index contributed by atoms with van der Waals surface area (Å²) in [5, 5.41) is 0. The van der Waals surface area contributed by atoms with Gasteiger partial charge in [0.25, 0.3) is 0 Å². The van der Waals surface area contributed by atoms with Crippen molar-refractivity contribution in [3.8, 4) is 0 Å². The largest absolute Gasteiger partial charge is 0.330 e. The molecule has 0 aromatic carbocycles. The molecule has 0 saturated heterocycles. The molecule has 0 heterocycles. The Bertz CT molecular complexity index is 210. The van der Waals surface area contributed by atoms with Crippen LogP contribution in [-0.2, 0) is 4.79 Å².